The highest BCUT2D eigenvalue weighted by molar-refractivity contribution is 5.89. The Morgan fingerprint density at radius 2 is 1.81 bits per heavy atom. The summed E-state index contributed by atoms with van der Waals surface area (Å²) in [6.07, 6.45) is -9.54. The SMILES string of the molecule is CC[C@@H]1Oc2cc3[nH]c(=O)cc(C(F)(F)F)c3cc2N(CC(F)(F)F)C1C. The Balaban J connectivity index is 2.27. The van der Waals surface area contributed by atoms with E-state index in [0.717, 1.165) is 17.0 Å². The van der Waals surface area contributed by atoms with Gasteiger partial charge in [-0.2, -0.15) is 26.3 Å². The van der Waals surface area contributed by atoms with Crippen LogP contribution in [-0.2, 0) is 6.18 Å². The Morgan fingerprint density at radius 3 is 2.37 bits per heavy atom. The Hall–Kier alpha value is -2.39. The maximum absolute atomic E-state index is 13.3. The van der Waals surface area contributed by atoms with E-state index in [2.05, 4.69) is 4.98 Å². The number of hydrogen-bond donors (Lipinski definition) is 1. The van der Waals surface area contributed by atoms with E-state index in [1.165, 1.54) is 6.92 Å². The second-order valence-corrected chi connectivity index (χ2v) is 6.46. The van der Waals surface area contributed by atoms with Crippen molar-refractivity contribution >= 4 is 16.6 Å². The van der Waals surface area contributed by atoms with Gasteiger partial charge in [0.2, 0.25) is 5.56 Å². The third-order valence-corrected chi connectivity index (χ3v) is 4.60. The fourth-order valence-electron chi connectivity index (χ4n) is 3.35. The molecule has 1 aliphatic heterocycles. The zero-order valence-electron chi connectivity index (χ0n) is 14.3. The molecular formula is C17H16F6N2O2. The van der Waals surface area contributed by atoms with Crippen LogP contribution in [-0.4, -0.2) is 29.9 Å². The van der Waals surface area contributed by atoms with Crippen LogP contribution in [0, 0.1) is 0 Å². The molecule has 0 fully saturated rings. The molecule has 1 aliphatic rings. The number of nitrogens with zero attached hydrogens (tertiary/aromatic N) is 1. The van der Waals surface area contributed by atoms with Crippen molar-refractivity contribution in [3.8, 4) is 5.75 Å². The topological polar surface area (TPSA) is 45.3 Å². The molecular weight excluding hydrogens is 378 g/mol. The molecule has 1 aromatic carbocycles. The lowest BCUT2D eigenvalue weighted by Gasteiger charge is -2.42. The van der Waals surface area contributed by atoms with Crippen molar-refractivity contribution in [2.45, 2.75) is 44.8 Å². The van der Waals surface area contributed by atoms with E-state index in [-0.39, 0.29) is 17.0 Å². The number of aromatic amines is 1. The fourth-order valence-corrected chi connectivity index (χ4v) is 3.35. The summed E-state index contributed by atoms with van der Waals surface area (Å²) in [7, 11) is 0. The highest BCUT2D eigenvalue weighted by atomic mass is 19.4. The first-order valence-electron chi connectivity index (χ1n) is 8.19. The van der Waals surface area contributed by atoms with Crippen LogP contribution in [0.25, 0.3) is 10.9 Å². The van der Waals surface area contributed by atoms with Crippen molar-refractivity contribution < 1.29 is 31.1 Å². The zero-order valence-corrected chi connectivity index (χ0v) is 14.3. The molecule has 1 aromatic heterocycles. The fraction of sp³-hybridized carbons (Fsp3) is 0.471. The third kappa shape index (κ3) is 3.70. The van der Waals surface area contributed by atoms with Gasteiger partial charge in [0.05, 0.1) is 22.8 Å². The predicted molar refractivity (Wildman–Crippen MR) is 87.1 cm³/mol. The number of H-pyrrole nitrogens is 1. The molecule has 2 atom stereocenters. The van der Waals surface area contributed by atoms with Gasteiger partial charge in [-0.3, -0.25) is 4.79 Å². The van der Waals surface area contributed by atoms with Crippen LogP contribution >= 0.6 is 0 Å². The van der Waals surface area contributed by atoms with E-state index in [4.69, 9.17) is 4.74 Å². The number of aromatic nitrogens is 1. The molecule has 0 saturated carbocycles. The summed E-state index contributed by atoms with van der Waals surface area (Å²) in [5.41, 5.74) is -2.40. The van der Waals surface area contributed by atoms with Crippen molar-refractivity contribution in [2.75, 3.05) is 11.4 Å². The number of anilines is 1. The van der Waals surface area contributed by atoms with Crippen LogP contribution in [0.15, 0.2) is 23.0 Å². The van der Waals surface area contributed by atoms with Gasteiger partial charge in [0.1, 0.15) is 18.4 Å². The number of ether oxygens (including phenoxy) is 1. The minimum atomic E-state index is -4.83. The van der Waals surface area contributed by atoms with Gasteiger partial charge in [-0.25, -0.2) is 0 Å². The molecule has 2 heterocycles. The van der Waals surface area contributed by atoms with Crippen molar-refractivity contribution in [3.63, 3.8) is 0 Å². The largest absolute Gasteiger partial charge is 0.486 e. The number of benzene rings is 1. The molecule has 0 amide bonds. The molecule has 27 heavy (non-hydrogen) atoms. The van der Waals surface area contributed by atoms with Crippen molar-refractivity contribution in [3.05, 3.63) is 34.1 Å². The lowest BCUT2D eigenvalue weighted by atomic mass is 10.0. The molecule has 0 saturated heterocycles. The zero-order chi connectivity index (χ0) is 20.1. The Morgan fingerprint density at radius 1 is 1.15 bits per heavy atom. The van der Waals surface area contributed by atoms with Crippen molar-refractivity contribution in [1.82, 2.24) is 4.98 Å². The van der Waals surface area contributed by atoms with Gasteiger partial charge in [0.15, 0.2) is 0 Å². The molecule has 4 nitrogen and oxygen atoms in total. The summed E-state index contributed by atoms with van der Waals surface area (Å²) < 4.78 is 84.8. The minimum absolute atomic E-state index is 0.00618. The van der Waals surface area contributed by atoms with Gasteiger partial charge >= 0.3 is 12.4 Å². The van der Waals surface area contributed by atoms with E-state index in [1.807, 2.05) is 0 Å². The number of hydrogen-bond acceptors (Lipinski definition) is 3. The van der Waals surface area contributed by atoms with Crippen LogP contribution in [0.1, 0.15) is 25.8 Å². The summed E-state index contributed by atoms with van der Waals surface area (Å²) in [5.74, 6) is 0.00618. The standard InChI is InChI=1S/C17H16F6N2O2/c1-3-13-8(2)25(7-16(18,19)20)12-4-9-10(17(21,22)23)5-15(26)24-11(9)6-14(12)27-13/h4-6,8,13H,3,7H2,1-2H3,(H,24,26)/t8?,13-/m0/s1. The molecule has 148 valence electrons. The van der Waals surface area contributed by atoms with Crippen LogP contribution in [0.3, 0.4) is 0 Å². The van der Waals surface area contributed by atoms with Gasteiger partial charge in [-0.1, -0.05) is 6.92 Å². The van der Waals surface area contributed by atoms with E-state index >= 15 is 0 Å². The van der Waals surface area contributed by atoms with Gasteiger partial charge in [0, 0.05) is 17.5 Å². The minimum Gasteiger partial charge on any atom is -0.486 e. The molecule has 0 spiro atoms. The van der Waals surface area contributed by atoms with Crippen LogP contribution < -0.4 is 15.2 Å². The van der Waals surface area contributed by atoms with Gasteiger partial charge in [-0.05, 0) is 19.4 Å². The first-order chi connectivity index (χ1) is 12.4. The molecule has 1 N–H and O–H groups in total. The first-order valence-corrected chi connectivity index (χ1v) is 8.19. The number of alkyl halides is 6. The molecule has 3 rings (SSSR count). The summed E-state index contributed by atoms with van der Waals surface area (Å²) in [6, 6.07) is 1.85. The van der Waals surface area contributed by atoms with E-state index < -0.39 is 47.6 Å². The lowest BCUT2D eigenvalue weighted by molar-refractivity contribution is -0.136. The van der Waals surface area contributed by atoms with Crippen molar-refractivity contribution in [1.29, 1.82) is 0 Å². The van der Waals surface area contributed by atoms with Gasteiger partial charge < -0.3 is 14.6 Å². The number of fused-ring (bicyclic) bond motifs is 2. The molecule has 0 bridgehead atoms. The number of rotatable bonds is 2. The summed E-state index contributed by atoms with van der Waals surface area (Å²) in [6.45, 7) is 1.95. The van der Waals surface area contributed by atoms with E-state index in [9.17, 15) is 31.1 Å². The molecule has 1 unspecified atom stereocenters. The monoisotopic (exact) mass is 394 g/mol. The maximum atomic E-state index is 13.3. The molecule has 0 aliphatic carbocycles. The summed E-state index contributed by atoms with van der Waals surface area (Å²) >= 11 is 0. The average Bonchev–Trinajstić information content (AvgIpc) is 2.53. The quantitative estimate of drug-likeness (QED) is 0.765. The Bertz CT molecular complexity index is 918. The third-order valence-electron chi connectivity index (χ3n) is 4.60. The number of halogens is 6. The lowest BCUT2D eigenvalue weighted by Crippen LogP contribution is -2.51. The Kier molecular flexibility index (Phi) is 4.55. The molecule has 0 radical (unpaired) electrons. The normalized spacial score (nSPS) is 20.5. The van der Waals surface area contributed by atoms with Gasteiger partial charge in [0.25, 0.3) is 0 Å². The highest BCUT2D eigenvalue weighted by Gasteiger charge is 2.40. The van der Waals surface area contributed by atoms with Crippen LogP contribution in [0.2, 0.25) is 0 Å². The van der Waals surface area contributed by atoms with Crippen molar-refractivity contribution in [2.24, 2.45) is 0 Å². The van der Waals surface area contributed by atoms with Crippen LogP contribution in [0.5, 0.6) is 5.75 Å². The predicted octanol–water partition coefficient (Wildman–Crippen LogP) is 4.48. The highest BCUT2D eigenvalue weighted by Crippen LogP contribution is 2.43. The van der Waals surface area contributed by atoms with E-state index in [1.54, 1.807) is 6.92 Å². The summed E-state index contributed by atoms with van der Waals surface area (Å²) in [4.78, 5) is 14.9. The van der Waals surface area contributed by atoms with Crippen LogP contribution in [0.4, 0.5) is 32.0 Å². The Labute approximate surface area is 149 Å². The van der Waals surface area contributed by atoms with Gasteiger partial charge in [-0.15, -0.1) is 0 Å². The maximum Gasteiger partial charge on any atom is 0.417 e. The smallest absolute Gasteiger partial charge is 0.417 e. The summed E-state index contributed by atoms with van der Waals surface area (Å²) in [5, 5.41) is -0.390. The first kappa shape index (κ1) is 19.4. The molecule has 10 heteroatoms. The second kappa shape index (κ2) is 6.35. The molecule has 2 aromatic rings. The average molecular weight is 394 g/mol. The number of pyridine rings is 1. The second-order valence-electron chi connectivity index (χ2n) is 6.46. The van der Waals surface area contributed by atoms with E-state index in [0.29, 0.717) is 12.5 Å². The number of nitrogens with one attached hydrogen (secondary N) is 1.